The van der Waals surface area contributed by atoms with E-state index in [0.717, 1.165) is 0 Å². The van der Waals surface area contributed by atoms with Gasteiger partial charge in [0.1, 0.15) is 0 Å². The minimum Gasteiger partial charge on any atom is -0.241 e. The molecule has 170 valence electrons. The zero-order valence-electron chi connectivity index (χ0n) is 12.8. The van der Waals surface area contributed by atoms with Gasteiger partial charge in [-0.15, -0.1) is 0 Å². The summed E-state index contributed by atoms with van der Waals surface area (Å²) in [5.74, 6) is -55.6. The van der Waals surface area contributed by atoms with Gasteiger partial charge in [0.2, 0.25) is 0 Å². The monoisotopic (exact) mass is 462 g/mol. The number of hydrogen-bond donors (Lipinski definition) is 0. The molecule has 0 aliphatic heterocycles. The molecule has 0 heterocycles. The van der Waals surface area contributed by atoms with E-state index in [1.54, 1.807) is 0 Å². The molecule has 0 saturated heterocycles. The Labute approximate surface area is 143 Å². The Balaban J connectivity index is 6.63. The van der Waals surface area contributed by atoms with Crippen molar-refractivity contribution in [2.75, 3.05) is 0 Å². The molecule has 1 unspecified atom stereocenters. The molecular weight excluding hydrogens is 455 g/mol. The van der Waals surface area contributed by atoms with Crippen LogP contribution in [0.2, 0.25) is 0 Å². The topological polar surface area (TPSA) is 0 Å². The minimum atomic E-state index is -8.48. The third-order valence-corrected chi connectivity index (χ3v) is 3.44. The predicted octanol–water partition coefficient (Wildman–Crippen LogP) is 6.45. The molecule has 0 spiro atoms. The molecule has 0 amide bonds. The maximum Gasteiger partial charge on any atom is 0.385 e. The van der Waals surface area contributed by atoms with E-state index in [0.29, 0.717) is 0 Å². The summed E-state index contributed by atoms with van der Waals surface area (Å²) < 4.78 is 218. The summed E-state index contributed by atoms with van der Waals surface area (Å²) in [7, 11) is 0. The van der Waals surface area contributed by atoms with Gasteiger partial charge in [0.25, 0.3) is 0 Å². The smallest absolute Gasteiger partial charge is 0.241 e. The zero-order chi connectivity index (χ0) is 23.4. The van der Waals surface area contributed by atoms with Crippen molar-refractivity contribution in [1.82, 2.24) is 0 Å². The lowest BCUT2D eigenvalue weighted by Crippen LogP contribution is -2.74. The average molecular weight is 462 g/mol. The summed E-state index contributed by atoms with van der Waals surface area (Å²) in [6, 6.07) is 0. The van der Waals surface area contributed by atoms with Gasteiger partial charge < -0.3 is 0 Å². The van der Waals surface area contributed by atoms with Crippen LogP contribution in [0.15, 0.2) is 0 Å². The second kappa shape index (κ2) is 6.95. The number of rotatable bonds is 9. The van der Waals surface area contributed by atoms with Gasteiger partial charge in [0.15, 0.2) is 6.17 Å². The first-order valence-electron chi connectivity index (χ1n) is 6.49. The van der Waals surface area contributed by atoms with E-state index in [2.05, 4.69) is 0 Å². The van der Waals surface area contributed by atoms with Gasteiger partial charge in [0, 0.05) is 0 Å². The molecule has 0 saturated carbocycles. The molecule has 0 fully saturated rings. The maximum atomic E-state index is 13.2. The first-order valence-corrected chi connectivity index (χ1v) is 6.49. The van der Waals surface area contributed by atoms with Crippen LogP contribution in [0.5, 0.6) is 0 Å². The molecule has 0 nitrogen and oxygen atoms in total. The van der Waals surface area contributed by atoms with Gasteiger partial charge >= 0.3 is 47.9 Å². The van der Waals surface area contributed by atoms with E-state index < -0.39 is 60.5 Å². The van der Waals surface area contributed by atoms with Crippen LogP contribution in [-0.4, -0.2) is 54.1 Å². The summed E-state index contributed by atoms with van der Waals surface area (Å²) in [5.41, 5.74) is 0. The second-order valence-corrected chi connectivity index (χ2v) is 5.29. The summed E-state index contributed by atoms with van der Waals surface area (Å²) >= 11 is 0. The van der Waals surface area contributed by atoms with Gasteiger partial charge in [0.05, 0.1) is 0 Å². The van der Waals surface area contributed by atoms with Crippen molar-refractivity contribution >= 4 is 0 Å². The van der Waals surface area contributed by atoms with Crippen LogP contribution < -0.4 is 0 Å². The van der Waals surface area contributed by atoms with Crippen LogP contribution >= 0.6 is 0 Å². The molecule has 0 radical (unpaired) electrons. The molecule has 0 aromatic rings. The van der Waals surface area contributed by atoms with Crippen LogP contribution in [0.3, 0.4) is 0 Å². The number of alkyl halides is 17. The van der Waals surface area contributed by atoms with Crippen molar-refractivity contribution in [2.24, 2.45) is 0 Å². The highest BCUT2D eigenvalue weighted by Crippen LogP contribution is 2.63. The fourth-order valence-electron chi connectivity index (χ4n) is 1.60. The van der Waals surface area contributed by atoms with Crippen molar-refractivity contribution in [3.8, 4) is 0 Å². The molecule has 0 aliphatic carbocycles. The van der Waals surface area contributed by atoms with E-state index in [1.807, 2.05) is 0 Å². The molecule has 17 heteroatoms. The largest absolute Gasteiger partial charge is 0.385 e. The highest BCUT2D eigenvalue weighted by atomic mass is 19.4. The lowest BCUT2D eigenvalue weighted by molar-refractivity contribution is -0.449. The molecule has 1 atom stereocenters. The first-order chi connectivity index (χ1) is 11.9. The minimum absolute atomic E-state index is 0.275. The maximum absolute atomic E-state index is 13.2. The highest BCUT2D eigenvalue weighted by Gasteiger charge is 2.94. The van der Waals surface area contributed by atoms with E-state index in [1.165, 1.54) is 0 Å². The lowest BCUT2D eigenvalue weighted by Gasteiger charge is -2.42. The predicted molar refractivity (Wildman–Crippen MR) is 55.8 cm³/mol. The van der Waals surface area contributed by atoms with E-state index in [4.69, 9.17) is 0 Å². The third kappa shape index (κ3) is 3.15. The Morgan fingerprint density at radius 1 is 0.464 bits per heavy atom. The van der Waals surface area contributed by atoms with Crippen LogP contribution in [-0.2, 0) is 0 Å². The Morgan fingerprint density at radius 2 is 0.714 bits per heavy atom. The molecule has 0 aromatic carbocycles. The van der Waals surface area contributed by atoms with E-state index in [-0.39, 0.29) is 6.92 Å². The normalized spacial score (nSPS) is 17.2. The number of hydrogen-bond acceptors (Lipinski definition) is 0. The molecular formula is C11H7F17. The van der Waals surface area contributed by atoms with Crippen molar-refractivity contribution in [2.45, 2.75) is 67.4 Å². The van der Waals surface area contributed by atoms with Gasteiger partial charge in [-0.3, -0.25) is 0 Å². The molecule has 0 rings (SSSR count). The summed E-state index contributed by atoms with van der Waals surface area (Å²) in [4.78, 5) is 0. The molecule has 0 bridgehead atoms. The van der Waals surface area contributed by atoms with Gasteiger partial charge in [-0.2, -0.15) is 61.5 Å². The first kappa shape index (κ1) is 26.8. The standard InChI is InChI=1S/C11H7F17/c1-2-3(12)5(15,16)7(19,20)9(23,24)11(27,28)10(25,26)8(21,22)6(17,18)4(13)14/h3-4H,2H2,1H3. The fourth-order valence-corrected chi connectivity index (χ4v) is 1.60. The van der Waals surface area contributed by atoms with E-state index in [9.17, 15) is 74.6 Å². The van der Waals surface area contributed by atoms with Gasteiger partial charge in [-0.1, -0.05) is 6.92 Å². The molecule has 0 N–H and O–H groups in total. The molecule has 0 aromatic heterocycles. The van der Waals surface area contributed by atoms with Crippen molar-refractivity contribution in [1.29, 1.82) is 0 Å². The molecule has 0 aliphatic rings. The van der Waals surface area contributed by atoms with Crippen molar-refractivity contribution < 1.29 is 74.6 Å². The highest BCUT2D eigenvalue weighted by molar-refractivity contribution is 5.15. The summed E-state index contributed by atoms with van der Waals surface area (Å²) in [6.07, 6.45) is -12.1. The van der Waals surface area contributed by atoms with Crippen LogP contribution in [0.25, 0.3) is 0 Å². The SMILES string of the molecule is CCC(F)C(F)(F)C(F)(F)C(F)(F)C(F)(F)C(F)(F)C(F)(F)C(F)(F)C(F)F. The Morgan fingerprint density at radius 3 is 0.964 bits per heavy atom. The fraction of sp³-hybridized carbons (Fsp3) is 1.00. The van der Waals surface area contributed by atoms with Gasteiger partial charge in [-0.25, -0.2) is 13.2 Å². The Hall–Kier alpha value is -1.19. The van der Waals surface area contributed by atoms with Crippen molar-refractivity contribution in [3.05, 3.63) is 0 Å². The Kier molecular flexibility index (Phi) is 6.65. The zero-order valence-corrected chi connectivity index (χ0v) is 12.8. The summed E-state index contributed by atoms with van der Waals surface area (Å²) in [5, 5.41) is 0. The number of halogens is 17. The lowest BCUT2D eigenvalue weighted by atomic mass is 9.88. The molecule has 28 heavy (non-hydrogen) atoms. The van der Waals surface area contributed by atoms with E-state index >= 15 is 0 Å². The third-order valence-electron chi connectivity index (χ3n) is 3.44. The van der Waals surface area contributed by atoms with Crippen LogP contribution in [0.4, 0.5) is 74.6 Å². The van der Waals surface area contributed by atoms with Crippen LogP contribution in [0, 0.1) is 0 Å². The summed E-state index contributed by atoms with van der Waals surface area (Å²) in [6.45, 7) is 0.275. The Bertz CT molecular complexity index is 547. The average Bonchev–Trinajstić information content (AvgIpc) is 2.52. The van der Waals surface area contributed by atoms with Crippen molar-refractivity contribution in [3.63, 3.8) is 0 Å². The quantitative estimate of drug-likeness (QED) is 0.346. The van der Waals surface area contributed by atoms with Gasteiger partial charge in [-0.05, 0) is 6.42 Å². The van der Waals surface area contributed by atoms with Crippen LogP contribution in [0.1, 0.15) is 13.3 Å². The second-order valence-electron chi connectivity index (χ2n) is 5.29.